The standard InChI is InChI=1S/C13H21NO3/c1-2-10-5-7-13(8-6-10,12(16)17)14-9-3-4-11(14)15/h10H,2-9H2,1H3,(H,16,17). The monoisotopic (exact) mass is 239 g/mol. The number of likely N-dealkylation sites (tertiary alicyclic amines) is 1. The number of amides is 1. The summed E-state index contributed by atoms with van der Waals surface area (Å²) in [5.74, 6) is -0.134. The molecule has 1 saturated heterocycles. The first kappa shape index (κ1) is 12.4. The zero-order valence-electron chi connectivity index (χ0n) is 10.4. The predicted octanol–water partition coefficient (Wildman–Crippen LogP) is 2.03. The molecular formula is C13H21NO3. The minimum atomic E-state index is -0.890. The molecule has 2 fully saturated rings. The Labute approximate surface area is 102 Å². The molecule has 1 aliphatic heterocycles. The van der Waals surface area contributed by atoms with E-state index in [1.165, 1.54) is 0 Å². The molecule has 0 aromatic carbocycles. The van der Waals surface area contributed by atoms with Crippen LogP contribution in [0.2, 0.25) is 0 Å². The molecule has 1 heterocycles. The fraction of sp³-hybridized carbons (Fsp3) is 0.846. The van der Waals surface area contributed by atoms with Gasteiger partial charge in [-0.1, -0.05) is 13.3 Å². The van der Waals surface area contributed by atoms with Crippen LogP contribution in [-0.2, 0) is 9.59 Å². The molecule has 1 aliphatic carbocycles. The Kier molecular flexibility index (Phi) is 3.40. The van der Waals surface area contributed by atoms with Crippen LogP contribution in [0.3, 0.4) is 0 Å². The molecule has 4 nitrogen and oxygen atoms in total. The lowest BCUT2D eigenvalue weighted by Gasteiger charge is -2.43. The van der Waals surface area contributed by atoms with Crippen molar-refractivity contribution in [2.45, 2.75) is 57.4 Å². The van der Waals surface area contributed by atoms with Crippen LogP contribution in [0.1, 0.15) is 51.9 Å². The van der Waals surface area contributed by atoms with Crippen molar-refractivity contribution in [1.29, 1.82) is 0 Å². The van der Waals surface area contributed by atoms with Crippen LogP contribution in [0, 0.1) is 5.92 Å². The molecule has 96 valence electrons. The molecule has 0 unspecified atom stereocenters. The van der Waals surface area contributed by atoms with Crippen molar-refractivity contribution in [2.75, 3.05) is 6.54 Å². The average molecular weight is 239 g/mol. The van der Waals surface area contributed by atoms with E-state index in [9.17, 15) is 14.7 Å². The minimum absolute atomic E-state index is 0.0300. The molecule has 17 heavy (non-hydrogen) atoms. The van der Waals surface area contributed by atoms with E-state index < -0.39 is 11.5 Å². The summed E-state index contributed by atoms with van der Waals surface area (Å²) in [6.07, 6.45) is 5.58. The number of rotatable bonds is 3. The number of hydrogen-bond donors (Lipinski definition) is 1. The van der Waals surface area contributed by atoms with Gasteiger partial charge in [0.05, 0.1) is 0 Å². The van der Waals surface area contributed by atoms with E-state index in [0.717, 1.165) is 25.7 Å². The smallest absolute Gasteiger partial charge is 0.329 e. The lowest BCUT2D eigenvalue weighted by atomic mass is 9.74. The first-order valence-corrected chi connectivity index (χ1v) is 6.64. The number of hydrogen-bond acceptors (Lipinski definition) is 2. The normalized spacial score (nSPS) is 34.1. The van der Waals surface area contributed by atoms with Crippen LogP contribution >= 0.6 is 0 Å². The van der Waals surface area contributed by atoms with Crippen molar-refractivity contribution < 1.29 is 14.7 Å². The van der Waals surface area contributed by atoms with E-state index in [0.29, 0.717) is 31.7 Å². The Morgan fingerprint density at radius 2 is 2.12 bits per heavy atom. The summed E-state index contributed by atoms with van der Waals surface area (Å²) < 4.78 is 0. The van der Waals surface area contributed by atoms with Crippen LogP contribution in [0.25, 0.3) is 0 Å². The van der Waals surface area contributed by atoms with Gasteiger partial charge in [-0.2, -0.15) is 0 Å². The molecule has 0 spiro atoms. The molecule has 2 rings (SSSR count). The maximum absolute atomic E-state index is 11.8. The topological polar surface area (TPSA) is 57.6 Å². The van der Waals surface area contributed by atoms with Crippen molar-refractivity contribution in [3.05, 3.63) is 0 Å². The van der Waals surface area contributed by atoms with Crippen LogP contribution < -0.4 is 0 Å². The van der Waals surface area contributed by atoms with Gasteiger partial charge in [0.15, 0.2) is 0 Å². The second-order valence-electron chi connectivity index (χ2n) is 5.34. The van der Waals surface area contributed by atoms with Crippen LogP contribution in [0.5, 0.6) is 0 Å². The SMILES string of the molecule is CCC1CCC(C(=O)O)(N2CCCC2=O)CC1. The van der Waals surface area contributed by atoms with Crippen molar-refractivity contribution in [3.63, 3.8) is 0 Å². The number of carboxylic acids is 1. The number of carbonyl (C=O) groups is 2. The predicted molar refractivity (Wildman–Crippen MR) is 63.6 cm³/mol. The van der Waals surface area contributed by atoms with Gasteiger partial charge in [-0.05, 0) is 38.0 Å². The Bertz CT molecular complexity index is 319. The summed E-state index contributed by atoms with van der Waals surface area (Å²) in [7, 11) is 0. The lowest BCUT2D eigenvalue weighted by molar-refractivity contribution is -0.160. The molecule has 0 atom stereocenters. The summed E-state index contributed by atoms with van der Waals surface area (Å²) in [4.78, 5) is 25.0. The highest BCUT2D eigenvalue weighted by Crippen LogP contribution is 2.39. The highest BCUT2D eigenvalue weighted by atomic mass is 16.4. The highest BCUT2D eigenvalue weighted by molar-refractivity contribution is 5.88. The molecule has 0 aromatic heterocycles. The van der Waals surface area contributed by atoms with Crippen LogP contribution in [0.15, 0.2) is 0 Å². The van der Waals surface area contributed by atoms with Crippen LogP contribution in [0.4, 0.5) is 0 Å². The van der Waals surface area contributed by atoms with Gasteiger partial charge in [-0.3, -0.25) is 4.79 Å². The van der Waals surface area contributed by atoms with E-state index in [4.69, 9.17) is 0 Å². The maximum Gasteiger partial charge on any atom is 0.329 e. The Balaban J connectivity index is 2.17. The first-order chi connectivity index (χ1) is 8.10. The van der Waals surface area contributed by atoms with E-state index in [-0.39, 0.29) is 5.91 Å². The van der Waals surface area contributed by atoms with E-state index in [1.54, 1.807) is 4.90 Å². The van der Waals surface area contributed by atoms with E-state index in [2.05, 4.69) is 6.92 Å². The van der Waals surface area contributed by atoms with Crippen molar-refractivity contribution in [1.82, 2.24) is 4.90 Å². The van der Waals surface area contributed by atoms with Crippen molar-refractivity contribution in [2.24, 2.45) is 5.92 Å². The second-order valence-corrected chi connectivity index (χ2v) is 5.34. The van der Waals surface area contributed by atoms with Gasteiger partial charge in [0.25, 0.3) is 0 Å². The number of aliphatic carboxylic acids is 1. The second kappa shape index (κ2) is 4.67. The third-order valence-corrected chi connectivity index (χ3v) is 4.50. The first-order valence-electron chi connectivity index (χ1n) is 6.64. The molecule has 0 bridgehead atoms. The highest BCUT2D eigenvalue weighted by Gasteiger charge is 2.49. The molecular weight excluding hydrogens is 218 g/mol. The molecule has 0 aromatic rings. The molecule has 1 N–H and O–H groups in total. The Morgan fingerprint density at radius 1 is 1.47 bits per heavy atom. The molecule has 0 radical (unpaired) electrons. The quantitative estimate of drug-likeness (QED) is 0.819. The third kappa shape index (κ3) is 2.05. The van der Waals surface area contributed by atoms with Gasteiger partial charge in [0.2, 0.25) is 5.91 Å². The molecule has 2 aliphatic rings. The molecule has 4 heteroatoms. The summed E-state index contributed by atoms with van der Waals surface area (Å²) in [5.41, 5.74) is -0.890. The zero-order valence-corrected chi connectivity index (χ0v) is 10.4. The summed E-state index contributed by atoms with van der Waals surface area (Å²) in [6.45, 7) is 2.78. The fourth-order valence-electron chi connectivity index (χ4n) is 3.26. The van der Waals surface area contributed by atoms with Crippen molar-refractivity contribution in [3.8, 4) is 0 Å². The number of carboxylic acid groups (broad SMARTS) is 1. The summed E-state index contributed by atoms with van der Waals surface area (Å²) in [5, 5.41) is 9.53. The molecule has 1 saturated carbocycles. The molecule has 1 amide bonds. The summed E-state index contributed by atoms with van der Waals surface area (Å²) in [6, 6.07) is 0. The Morgan fingerprint density at radius 3 is 2.53 bits per heavy atom. The van der Waals surface area contributed by atoms with Gasteiger partial charge < -0.3 is 10.0 Å². The number of nitrogens with zero attached hydrogens (tertiary/aromatic N) is 1. The summed E-state index contributed by atoms with van der Waals surface area (Å²) >= 11 is 0. The van der Waals surface area contributed by atoms with E-state index >= 15 is 0 Å². The van der Waals surface area contributed by atoms with Gasteiger partial charge in [-0.15, -0.1) is 0 Å². The minimum Gasteiger partial charge on any atom is -0.479 e. The van der Waals surface area contributed by atoms with E-state index in [1.807, 2.05) is 0 Å². The van der Waals surface area contributed by atoms with Gasteiger partial charge in [-0.25, -0.2) is 4.79 Å². The Hall–Kier alpha value is -1.06. The van der Waals surface area contributed by atoms with Gasteiger partial charge >= 0.3 is 5.97 Å². The average Bonchev–Trinajstić information content (AvgIpc) is 2.76. The fourth-order valence-corrected chi connectivity index (χ4v) is 3.26. The van der Waals surface area contributed by atoms with Gasteiger partial charge in [0, 0.05) is 13.0 Å². The maximum atomic E-state index is 11.8. The lowest BCUT2D eigenvalue weighted by Crippen LogP contribution is -2.57. The zero-order chi connectivity index (χ0) is 12.5. The van der Waals surface area contributed by atoms with Crippen molar-refractivity contribution >= 4 is 11.9 Å². The van der Waals surface area contributed by atoms with Gasteiger partial charge in [0.1, 0.15) is 5.54 Å². The largest absolute Gasteiger partial charge is 0.479 e. The number of carbonyl (C=O) groups excluding carboxylic acids is 1. The third-order valence-electron chi connectivity index (χ3n) is 4.50. The van der Waals surface area contributed by atoms with Crippen LogP contribution in [-0.4, -0.2) is 34.0 Å².